The number of aromatic nitrogens is 2. The highest BCUT2D eigenvalue weighted by Crippen LogP contribution is 2.28. The lowest BCUT2D eigenvalue weighted by atomic mass is 10.2. The Hall–Kier alpha value is -4.66. The minimum Gasteiger partial charge on any atom is -0.449 e. The number of rotatable bonds is 9. The molecule has 0 radical (unpaired) electrons. The molecule has 1 atom stereocenters. The number of para-hydroxylation sites is 1. The van der Waals surface area contributed by atoms with Crippen LogP contribution in [0.3, 0.4) is 0 Å². The van der Waals surface area contributed by atoms with Gasteiger partial charge in [0.25, 0.3) is 27.2 Å². The van der Waals surface area contributed by atoms with Crippen LogP contribution < -0.4 is 15.6 Å². The number of ether oxygens (including phenoxy) is 1. The van der Waals surface area contributed by atoms with Crippen molar-refractivity contribution in [3.05, 3.63) is 109 Å². The molecular formula is C27H23Cl2N5O8S. The zero-order chi connectivity index (χ0) is 31.6. The van der Waals surface area contributed by atoms with Gasteiger partial charge in [0.15, 0.2) is 6.10 Å². The highest BCUT2D eigenvalue weighted by Gasteiger charge is 2.26. The number of anilines is 2. The molecule has 224 valence electrons. The Bertz CT molecular complexity index is 1920. The number of carbonyl (C=O) groups is 2. The maximum absolute atomic E-state index is 13.3. The van der Waals surface area contributed by atoms with E-state index in [2.05, 4.69) is 10.0 Å². The summed E-state index contributed by atoms with van der Waals surface area (Å²) in [7, 11) is -2.80. The van der Waals surface area contributed by atoms with Crippen LogP contribution >= 0.6 is 23.2 Å². The number of carbonyl (C=O) groups excluding carboxylic acids is 2. The summed E-state index contributed by atoms with van der Waals surface area (Å²) >= 11 is 12.1. The Morgan fingerprint density at radius 3 is 2.33 bits per heavy atom. The molecule has 4 aromatic rings. The van der Waals surface area contributed by atoms with Gasteiger partial charge in [-0.1, -0.05) is 41.4 Å². The van der Waals surface area contributed by atoms with E-state index in [1.54, 1.807) is 44.3 Å². The van der Waals surface area contributed by atoms with E-state index in [0.717, 1.165) is 30.3 Å². The number of non-ortho nitro benzene ring substituents is 1. The van der Waals surface area contributed by atoms with Gasteiger partial charge >= 0.3 is 5.97 Å². The molecule has 4 rings (SSSR count). The molecule has 0 aliphatic rings. The average Bonchev–Trinajstić information content (AvgIpc) is 3.16. The average molecular weight is 648 g/mol. The van der Waals surface area contributed by atoms with E-state index in [9.17, 15) is 32.9 Å². The lowest BCUT2D eigenvalue weighted by Crippen LogP contribution is -2.30. The Morgan fingerprint density at radius 1 is 1.02 bits per heavy atom. The normalized spacial score (nSPS) is 11.9. The minimum absolute atomic E-state index is 0.0416. The SMILES string of the molecule is Cc1c(NS(=O)(=O)c2ccc(Cl)c(C(=O)OC(C)C(=O)Nc3ccc([N+](=O)[O-])cc3Cl)c2)c(=O)n(-c2ccccc2)n1C. The number of nitrogens with zero attached hydrogens (tertiary/aromatic N) is 3. The molecule has 1 unspecified atom stereocenters. The zero-order valence-electron chi connectivity index (χ0n) is 22.7. The molecule has 2 N–H and O–H groups in total. The molecular weight excluding hydrogens is 625 g/mol. The summed E-state index contributed by atoms with van der Waals surface area (Å²) in [6.07, 6.45) is -1.41. The van der Waals surface area contributed by atoms with Crippen LogP contribution in [0.25, 0.3) is 5.69 Å². The smallest absolute Gasteiger partial charge is 0.340 e. The minimum atomic E-state index is -4.40. The van der Waals surface area contributed by atoms with Crippen molar-refractivity contribution < 1.29 is 27.7 Å². The fraction of sp³-hybridized carbons (Fsp3) is 0.148. The van der Waals surface area contributed by atoms with Gasteiger partial charge in [0.05, 0.1) is 42.5 Å². The van der Waals surface area contributed by atoms with Crippen LogP contribution in [0.2, 0.25) is 10.0 Å². The van der Waals surface area contributed by atoms with Crippen molar-refractivity contribution in [1.29, 1.82) is 0 Å². The third kappa shape index (κ3) is 6.56. The molecule has 1 aromatic heterocycles. The standard InChI is InChI=1S/C27H23Cl2N5O8S/c1-15-24(26(36)33(32(15)3)17-7-5-4-6-8-17)31-43(40,41)19-10-11-21(28)20(14-19)27(37)42-16(2)25(35)30-23-12-9-18(34(38)39)13-22(23)29/h4-14,16,31H,1-3H3,(H,30,35). The van der Waals surface area contributed by atoms with Gasteiger partial charge in [0.1, 0.15) is 5.69 Å². The number of nitro benzene ring substituents is 1. The molecule has 0 saturated carbocycles. The first-order valence-corrected chi connectivity index (χ1v) is 14.6. The van der Waals surface area contributed by atoms with Crippen LogP contribution in [0, 0.1) is 17.0 Å². The zero-order valence-corrected chi connectivity index (χ0v) is 25.0. The number of hydrogen-bond donors (Lipinski definition) is 2. The number of halogens is 2. The monoisotopic (exact) mass is 647 g/mol. The van der Waals surface area contributed by atoms with Gasteiger partial charge in [-0.2, -0.15) is 0 Å². The highest BCUT2D eigenvalue weighted by atomic mass is 35.5. The predicted octanol–water partition coefficient (Wildman–Crippen LogP) is 4.68. The van der Waals surface area contributed by atoms with E-state index < -0.39 is 43.4 Å². The second-order valence-electron chi connectivity index (χ2n) is 9.14. The molecule has 0 spiro atoms. The molecule has 43 heavy (non-hydrogen) atoms. The van der Waals surface area contributed by atoms with Crippen molar-refractivity contribution in [1.82, 2.24) is 9.36 Å². The van der Waals surface area contributed by atoms with E-state index in [0.29, 0.717) is 11.4 Å². The van der Waals surface area contributed by atoms with Crippen LogP contribution in [0.5, 0.6) is 0 Å². The van der Waals surface area contributed by atoms with Crippen molar-refractivity contribution in [2.75, 3.05) is 10.0 Å². The van der Waals surface area contributed by atoms with Crippen LogP contribution in [-0.2, 0) is 26.6 Å². The highest BCUT2D eigenvalue weighted by molar-refractivity contribution is 7.92. The molecule has 0 saturated heterocycles. The Balaban J connectivity index is 1.54. The Kier molecular flexibility index (Phi) is 8.94. The first-order chi connectivity index (χ1) is 20.2. The van der Waals surface area contributed by atoms with Crippen LogP contribution in [0.4, 0.5) is 17.1 Å². The molecule has 0 aliphatic heterocycles. The van der Waals surface area contributed by atoms with Crippen molar-refractivity contribution in [3.8, 4) is 5.69 Å². The largest absolute Gasteiger partial charge is 0.449 e. The maximum atomic E-state index is 13.3. The third-order valence-electron chi connectivity index (χ3n) is 6.33. The van der Waals surface area contributed by atoms with Gasteiger partial charge in [-0.25, -0.2) is 17.9 Å². The fourth-order valence-corrected chi connectivity index (χ4v) is 5.50. The van der Waals surface area contributed by atoms with E-state index in [-0.39, 0.29) is 32.7 Å². The number of hydrogen-bond acceptors (Lipinski definition) is 8. The van der Waals surface area contributed by atoms with Gasteiger partial charge in [0, 0.05) is 19.2 Å². The lowest BCUT2D eigenvalue weighted by molar-refractivity contribution is -0.384. The van der Waals surface area contributed by atoms with Gasteiger partial charge in [-0.05, 0) is 50.2 Å². The first-order valence-electron chi connectivity index (χ1n) is 12.3. The molecule has 1 heterocycles. The number of benzene rings is 3. The van der Waals surface area contributed by atoms with E-state index in [1.807, 2.05) is 0 Å². The number of esters is 1. The van der Waals surface area contributed by atoms with Crippen molar-refractivity contribution >= 4 is 62.2 Å². The molecule has 0 fully saturated rings. The van der Waals surface area contributed by atoms with Gasteiger partial charge < -0.3 is 10.1 Å². The summed E-state index contributed by atoms with van der Waals surface area (Å²) in [5, 5.41) is 13.0. The predicted molar refractivity (Wildman–Crippen MR) is 160 cm³/mol. The molecule has 3 aromatic carbocycles. The van der Waals surface area contributed by atoms with Crippen molar-refractivity contribution in [2.24, 2.45) is 7.05 Å². The lowest BCUT2D eigenvalue weighted by Gasteiger charge is -2.15. The topological polar surface area (TPSA) is 172 Å². The molecule has 0 bridgehead atoms. The second-order valence-corrected chi connectivity index (χ2v) is 11.6. The van der Waals surface area contributed by atoms with Crippen molar-refractivity contribution in [2.45, 2.75) is 24.8 Å². The summed E-state index contributed by atoms with van der Waals surface area (Å²) in [4.78, 5) is 48.5. The van der Waals surface area contributed by atoms with Gasteiger partial charge in [-0.15, -0.1) is 0 Å². The molecule has 16 heteroatoms. The van der Waals surface area contributed by atoms with Crippen LogP contribution in [0.15, 0.2) is 76.4 Å². The summed E-state index contributed by atoms with van der Waals surface area (Å²) in [6, 6.07) is 15.3. The fourth-order valence-electron chi connectivity index (χ4n) is 3.94. The number of amides is 1. The number of sulfonamides is 1. The van der Waals surface area contributed by atoms with E-state index in [4.69, 9.17) is 27.9 Å². The summed E-state index contributed by atoms with van der Waals surface area (Å²) in [5.74, 6) is -1.93. The maximum Gasteiger partial charge on any atom is 0.340 e. The molecule has 1 amide bonds. The first kappa shape index (κ1) is 31.3. The van der Waals surface area contributed by atoms with E-state index in [1.165, 1.54) is 22.4 Å². The Labute approximate surface area is 254 Å². The molecule has 0 aliphatic carbocycles. The van der Waals surface area contributed by atoms with E-state index >= 15 is 0 Å². The third-order valence-corrected chi connectivity index (χ3v) is 8.32. The summed E-state index contributed by atoms with van der Waals surface area (Å²) in [6.45, 7) is 2.82. The van der Waals surface area contributed by atoms with Gasteiger partial charge in [0.2, 0.25) is 0 Å². The van der Waals surface area contributed by atoms with Crippen LogP contribution in [0.1, 0.15) is 23.0 Å². The quantitative estimate of drug-likeness (QED) is 0.150. The van der Waals surface area contributed by atoms with Crippen molar-refractivity contribution in [3.63, 3.8) is 0 Å². The van der Waals surface area contributed by atoms with Crippen LogP contribution in [-0.4, -0.2) is 40.7 Å². The number of nitrogens with one attached hydrogen (secondary N) is 2. The summed E-state index contributed by atoms with van der Waals surface area (Å²) < 4.78 is 36.9. The second kappa shape index (κ2) is 12.3. The van der Waals surface area contributed by atoms with Gasteiger partial charge in [-0.3, -0.25) is 29.1 Å². The summed E-state index contributed by atoms with van der Waals surface area (Å²) in [5.41, 5.74) is -0.556. The molecule has 13 nitrogen and oxygen atoms in total. The Morgan fingerprint density at radius 2 is 1.70 bits per heavy atom. The number of nitro groups is 1.